The molecule has 1 unspecified atom stereocenters. The molecule has 3 fully saturated rings. The largest absolute Gasteiger partial charge is 0.467 e. The van der Waals surface area contributed by atoms with Crippen LogP contribution >= 0.6 is 0 Å². The van der Waals surface area contributed by atoms with Crippen LogP contribution < -0.4 is 16.0 Å². The van der Waals surface area contributed by atoms with Gasteiger partial charge in [0.2, 0.25) is 11.8 Å². The molecule has 2 saturated heterocycles. The molecule has 3 atom stereocenters. The van der Waals surface area contributed by atoms with Gasteiger partial charge < -0.3 is 20.7 Å². The van der Waals surface area contributed by atoms with Crippen molar-refractivity contribution < 1.29 is 19.1 Å². The van der Waals surface area contributed by atoms with E-state index in [0.717, 1.165) is 13.0 Å². The van der Waals surface area contributed by atoms with E-state index in [1.54, 1.807) is 0 Å². The van der Waals surface area contributed by atoms with E-state index >= 15 is 0 Å². The predicted molar refractivity (Wildman–Crippen MR) is 101 cm³/mol. The fourth-order valence-electron chi connectivity index (χ4n) is 5.08. The molecule has 0 aromatic rings. The molecule has 0 radical (unpaired) electrons. The SMILES string of the molecule is COC(=O)[C@H](C[C@@H]1CC(C)(C)NC1=O)NC(=O)C1CC2(CCCCC2)CN1. The Morgan fingerprint density at radius 1 is 1.22 bits per heavy atom. The van der Waals surface area contributed by atoms with Gasteiger partial charge in [0.05, 0.1) is 13.2 Å². The first-order chi connectivity index (χ1) is 12.7. The van der Waals surface area contributed by atoms with Crippen LogP contribution in [0.1, 0.15) is 65.2 Å². The van der Waals surface area contributed by atoms with Gasteiger partial charge in [0.15, 0.2) is 0 Å². The van der Waals surface area contributed by atoms with Gasteiger partial charge in [-0.2, -0.15) is 0 Å². The van der Waals surface area contributed by atoms with E-state index < -0.39 is 12.0 Å². The summed E-state index contributed by atoms with van der Waals surface area (Å²) in [5.74, 6) is -1.02. The molecule has 3 aliphatic rings. The summed E-state index contributed by atoms with van der Waals surface area (Å²) in [6, 6.07) is -1.07. The van der Waals surface area contributed by atoms with Crippen molar-refractivity contribution in [2.75, 3.05) is 13.7 Å². The van der Waals surface area contributed by atoms with Crippen molar-refractivity contribution in [3.63, 3.8) is 0 Å². The molecule has 7 nitrogen and oxygen atoms in total. The Morgan fingerprint density at radius 3 is 2.52 bits per heavy atom. The van der Waals surface area contributed by atoms with Crippen molar-refractivity contribution in [3.05, 3.63) is 0 Å². The molecule has 2 aliphatic heterocycles. The van der Waals surface area contributed by atoms with Crippen LogP contribution in [0.3, 0.4) is 0 Å². The quantitative estimate of drug-likeness (QED) is 0.625. The monoisotopic (exact) mass is 379 g/mol. The number of esters is 1. The van der Waals surface area contributed by atoms with Gasteiger partial charge in [0, 0.05) is 18.0 Å². The topological polar surface area (TPSA) is 96.5 Å². The zero-order valence-corrected chi connectivity index (χ0v) is 16.7. The molecular weight excluding hydrogens is 346 g/mol. The number of carbonyl (C=O) groups excluding carboxylic acids is 3. The second-order valence-corrected chi connectivity index (χ2v) is 9.29. The third kappa shape index (κ3) is 4.62. The smallest absolute Gasteiger partial charge is 0.328 e. The van der Waals surface area contributed by atoms with Crippen molar-refractivity contribution in [1.82, 2.24) is 16.0 Å². The Hall–Kier alpha value is -1.63. The number of rotatable bonds is 5. The highest BCUT2D eigenvalue weighted by Crippen LogP contribution is 2.42. The minimum atomic E-state index is -0.795. The van der Waals surface area contributed by atoms with E-state index in [4.69, 9.17) is 4.74 Å². The van der Waals surface area contributed by atoms with Gasteiger partial charge in [-0.15, -0.1) is 0 Å². The van der Waals surface area contributed by atoms with Crippen molar-refractivity contribution in [2.45, 2.75) is 82.8 Å². The molecule has 1 aliphatic carbocycles. The van der Waals surface area contributed by atoms with E-state index in [1.807, 2.05) is 13.8 Å². The minimum Gasteiger partial charge on any atom is -0.467 e. The molecule has 0 aromatic heterocycles. The molecule has 0 aromatic carbocycles. The molecule has 2 amide bonds. The number of methoxy groups -OCH3 is 1. The molecule has 1 spiro atoms. The normalized spacial score (nSPS) is 30.0. The minimum absolute atomic E-state index is 0.0664. The summed E-state index contributed by atoms with van der Waals surface area (Å²) in [7, 11) is 1.31. The first-order valence-electron chi connectivity index (χ1n) is 10.2. The van der Waals surface area contributed by atoms with Crippen molar-refractivity contribution >= 4 is 17.8 Å². The van der Waals surface area contributed by atoms with E-state index in [9.17, 15) is 14.4 Å². The first-order valence-corrected chi connectivity index (χ1v) is 10.2. The Balaban J connectivity index is 1.60. The molecular formula is C20H33N3O4. The van der Waals surface area contributed by atoms with E-state index in [-0.39, 0.29) is 41.1 Å². The lowest BCUT2D eigenvalue weighted by molar-refractivity contribution is -0.146. The predicted octanol–water partition coefficient (Wildman–Crippen LogP) is 1.26. The third-order valence-corrected chi connectivity index (χ3v) is 6.50. The fraction of sp³-hybridized carbons (Fsp3) is 0.850. The van der Waals surface area contributed by atoms with Crippen LogP contribution in [0.4, 0.5) is 0 Å². The van der Waals surface area contributed by atoms with Crippen LogP contribution in [0.15, 0.2) is 0 Å². The van der Waals surface area contributed by atoms with Gasteiger partial charge in [-0.05, 0) is 51.4 Å². The van der Waals surface area contributed by atoms with E-state index in [0.29, 0.717) is 6.42 Å². The molecule has 3 N–H and O–H groups in total. The summed E-state index contributed by atoms with van der Waals surface area (Å²) in [4.78, 5) is 37.2. The van der Waals surface area contributed by atoms with Crippen LogP contribution in [0.2, 0.25) is 0 Å². The molecule has 3 rings (SSSR count). The van der Waals surface area contributed by atoms with Crippen LogP contribution in [-0.4, -0.2) is 49.1 Å². The highest BCUT2D eigenvalue weighted by Gasteiger charge is 2.44. The molecule has 0 bridgehead atoms. The number of amides is 2. The van der Waals surface area contributed by atoms with Crippen molar-refractivity contribution in [3.8, 4) is 0 Å². The van der Waals surface area contributed by atoms with E-state index in [1.165, 1.54) is 39.2 Å². The second-order valence-electron chi connectivity index (χ2n) is 9.29. The number of hydrogen-bond donors (Lipinski definition) is 3. The Morgan fingerprint density at radius 2 is 1.93 bits per heavy atom. The maximum Gasteiger partial charge on any atom is 0.328 e. The van der Waals surface area contributed by atoms with E-state index in [2.05, 4.69) is 16.0 Å². The average Bonchev–Trinajstić information content (AvgIpc) is 3.14. The molecule has 7 heteroatoms. The highest BCUT2D eigenvalue weighted by molar-refractivity contribution is 5.89. The molecule has 152 valence electrons. The van der Waals surface area contributed by atoms with Gasteiger partial charge in [0.25, 0.3) is 0 Å². The first kappa shape index (κ1) is 20.1. The summed E-state index contributed by atoms with van der Waals surface area (Å²) < 4.78 is 4.88. The van der Waals surface area contributed by atoms with Gasteiger partial charge in [-0.3, -0.25) is 9.59 Å². The Kier molecular flexibility index (Phi) is 5.79. The van der Waals surface area contributed by atoms with Crippen molar-refractivity contribution in [1.29, 1.82) is 0 Å². The number of ether oxygens (including phenoxy) is 1. The summed E-state index contributed by atoms with van der Waals surface area (Å²) in [5.41, 5.74) is -0.0524. The maximum atomic E-state index is 12.8. The number of hydrogen-bond acceptors (Lipinski definition) is 5. The zero-order valence-electron chi connectivity index (χ0n) is 16.7. The van der Waals surface area contributed by atoms with Crippen LogP contribution in [0, 0.1) is 11.3 Å². The van der Waals surface area contributed by atoms with Crippen LogP contribution in [-0.2, 0) is 19.1 Å². The van der Waals surface area contributed by atoms with Gasteiger partial charge in [0.1, 0.15) is 6.04 Å². The van der Waals surface area contributed by atoms with Crippen LogP contribution in [0.25, 0.3) is 0 Å². The standard InChI is InChI=1S/C20H33N3O4/c1-19(2)10-13(16(24)23-19)9-14(18(26)27-3)22-17(25)15-11-20(12-21-15)7-5-4-6-8-20/h13-15,21H,4-12H2,1-3H3,(H,22,25)(H,23,24)/t13-,14+,15?/m1/s1. The lowest BCUT2D eigenvalue weighted by atomic mass is 9.72. The van der Waals surface area contributed by atoms with Crippen molar-refractivity contribution in [2.24, 2.45) is 11.3 Å². The van der Waals surface area contributed by atoms with Gasteiger partial charge >= 0.3 is 5.97 Å². The second kappa shape index (κ2) is 7.78. The van der Waals surface area contributed by atoms with Gasteiger partial charge in [-0.25, -0.2) is 4.79 Å². The summed E-state index contributed by atoms with van der Waals surface area (Å²) in [5, 5.41) is 9.14. The molecule has 2 heterocycles. The lowest BCUT2D eigenvalue weighted by Crippen LogP contribution is -2.49. The lowest BCUT2D eigenvalue weighted by Gasteiger charge is -2.32. The summed E-state index contributed by atoms with van der Waals surface area (Å²) >= 11 is 0. The maximum absolute atomic E-state index is 12.8. The number of carbonyl (C=O) groups is 3. The summed E-state index contributed by atoms with van der Waals surface area (Å²) in [6.07, 6.45) is 7.81. The third-order valence-electron chi connectivity index (χ3n) is 6.50. The fourth-order valence-corrected chi connectivity index (χ4v) is 5.08. The summed E-state index contributed by atoms with van der Waals surface area (Å²) in [6.45, 7) is 4.79. The number of nitrogens with one attached hydrogen (secondary N) is 3. The Labute approximate surface area is 161 Å². The average molecular weight is 380 g/mol. The van der Waals surface area contributed by atoms with Crippen LogP contribution in [0.5, 0.6) is 0 Å². The molecule has 27 heavy (non-hydrogen) atoms. The highest BCUT2D eigenvalue weighted by atomic mass is 16.5. The zero-order chi connectivity index (χ0) is 19.7. The Bertz CT molecular complexity index is 598. The van der Waals surface area contributed by atoms with Gasteiger partial charge in [-0.1, -0.05) is 19.3 Å². The molecule has 1 saturated carbocycles.